The number of hydrogen-bond acceptors (Lipinski definition) is 7. The third-order valence-corrected chi connectivity index (χ3v) is 7.97. The number of aliphatic hydroxyl groups is 1. The van der Waals surface area contributed by atoms with Crippen LogP contribution in [-0.4, -0.2) is 89.2 Å². The summed E-state index contributed by atoms with van der Waals surface area (Å²) < 4.78 is 0. The molecular formula is C28H41ClN6O2. The van der Waals surface area contributed by atoms with Crippen molar-refractivity contribution < 1.29 is 9.90 Å². The zero-order chi connectivity index (χ0) is 26.5. The van der Waals surface area contributed by atoms with Crippen LogP contribution in [0.2, 0.25) is 5.02 Å². The number of nitrogens with zero attached hydrogens (tertiary/aromatic N) is 5. The quantitative estimate of drug-likeness (QED) is 0.457. The van der Waals surface area contributed by atoms with Gasteiger partial charge in [-0.3, -0.25) is 9.69 Å². The van der Waals surface area contributed by atoms with E-state index in [0.717, 1.165) is 42.3 Å². The Morgan fingerprint density at radius 3 is 2.54 bits per heavy atom. The number of nitrogens with one attached hydrogen (secondary N) is 1. The molecule has 37 heavy (non-hydrogen) atoms. The Hall–Kier alpha value is -2.26. The van der Waals surface area contributed by atoms with Gasteiger partial charge in [0.25, 0.3) is 0 Å². The van der Waals surface area contributed by atoms with Crippen LogP contribution in [-0.2, 0) is 4.79 Å². The molecule has 1 aliphatic carbocycles. The van der Waals surface area contributed by atoms with Crippen LogP contribution < -0.4 is 10.2 Å². The summed E-state index contributed by atoms with van der Waals surface area (Å²) in [6, 6.07) is 8.05. The smallest absolute Gasteiger partial charge is 0.231 e. The molecule has 1 aromatic carbocycles. The SMILES string of the molecule is CCNCCN(C[C@@H](C(=O)N1CCN(c2ncnc3c2[C@H](C)C[C@H]3O)CC1)c1ccc(Cl)cc1)C(C)C. The maximum absolute atomic E-state index is 14.0. The number of halogens is 1. The molecule has 0 bridgehead atoms. The molecule has 8 nitrogen and oxygen atoms in total. The van der Waals surface area contributed by atoms with Gasteiger partial charge in [0.1, 0.15) is 12.1 Å². The number of fused-ring (bicyclic) bond motifs is 1. The van der Waals surface area contributed by atoms with Gasteiger partial charge in [-0.25, -0.2) is 9.97 Å². The van der Waals surface area contributed by atoms with Crippen molar-refractivity contribution in [1.29, 1.82) is 0 Å². The van der Waals surface area contributed by atoms with E-state index in [1.807, 2.05) is 29.2 Å². The van der Waals surface area contributed by atoms with Gasteiger partial charge in [0.2, 0.25) is 5.91 Å². The lowest BCUT2D eigenvalue weighted by molar-refractivity contribution is -0.133. The van der Waals surface area contributed by atoms with Crippen molar-refractivity contribution in [3.05, 3.63) is 52.4 Å². The second kappa shape index (κ2) is 12.5. The first-order valence-electron chi connectivity index (χ1n) is 13.6. The van der Waals surface area contributed by atoms with E-state index in [0.29, 0.717) is 50.2 Å². The summed E-state index contributed by atoms with van der Waals surface area (Å²) in [6.45, 7) is 14.7. The summed E-state index contributed by atoms with van der Waals surface area (Å²) >= 11 is 6.17. The maximum atomic E-state index is 14.0. The number of likely N-dealkylation sites (N-methyl/N-ethyl adjacent to an activating group) is 1. The van der Waals surface area contributed by atoms with Crippen LogP contribution in [0.25, 0.3) is 0 Å². The number of benzene rings is 1. The fourth-order valence-corrected chi connectivity index (χ4v) is 5.65. The van der Waals surface area contributed by atoms with Gasteiger partial charge in [0.15, 0.2) is 0 Å². The standard InChI is InChI=1S/C28H41ClN6O2/c1-5-30-10-11-35(19(2)3)17-23(21-6-8-22(29)9-7-21)28(37)34-14-12-33(13-15-34)27-25-20(4)16-24(36)26(25)31-18-32-27/h6-9,18-20,23-24,30,36H,5,10-17H2,1-4H3/t20-,23-,24-/m1/s1. The minimum absolute atomic E-state index is 0.160. The highest BCUT2D eigenvalue weighted by molar-refractivity contribution is 6.30. The first-order valence-corrected chi connectivity index (χ1v) is 13.9. The first kappa shape index (κ1) is 27.8. The summed E-state index contributed by atoms with van der Waals surface area (Å²) in [6.07, 6.45) is 1.71. The molecule has 2 aromatic rings. The highest BCUT2D eigenvalue weighted by Gasteiger charge is 2.35. The number of rotatable bonds is 10. The summed E-state index contributed by atoms with van der Waals surface area (Å²) in [7, 11) is 0. The fourth-order valence-electron chi connectivity index (χ4n) is 5.53. The lowest BCUT2D eigenvalue weighted by Crippen LogP contribution is -2.52. The average molecular weight is 529 g/mol. The van der Waals surface area contributed by atoms with Gasteiger partial charge in [-0.15, -0.1) is 0 Å². The van der Waals surface area contributed by atoms with Gasteiger partial charge < -0.3 is 20.2 Å². The van der Waals surface area contributed by atoms with Crippen LogP contribution in [0.4, 0.5) is 5.82 Å². The Bertz CT molecular complexity index is 1040. The molecular weight excluding hydrogens is 488 g/mol. The molecule has 1 aliphatic heterocycles. The average Bonchev–Trinajstić information content (AvgIpc) is 3.19. The molecule has 2 N–H and O–H groups in total. The minimum Gasteiger partial charge on any atom is -0.387 e. The maximum Gasteiger partial charge on any atom is 0.231 e. The first-order chi connectivity index (χ1) is 17.8. The number of anilines is 1. The lowest BCUT2D eigenvalue weighted by Gasteiger charge is -2.39. The van der Waals surface area contributed by atoms with Crippen LogP contribution in [0, 0.1) is 0 Å². The molecule has 0 saturated carbocycles. The molecule has 2 heterocycles. The Balaban J connectivity index is 1.49. The van der Waals surface area contributed by atoms with E-state index in [4.69, 9.17) is 11.6 Å². The minimum atomic E-state index is -0.522. The summed E-state index contributed by atoms with van der Waals surface area (Å²) in [5.74, 6) is 1.03. The van der Waals surface area contributed by atoms with Crippen molar-refractivity contribution in [2.75, 3.05) is 57.3 Å². The molecule has 9 heteroatoms. The Labute approximate surface area is 226 Å². The molecule has 1 saturated heterocycles. The Kier molecular flexibility index (Phi) is 9.40. The summed E-state index contributed by atoms with van der Waals surface area (Å²) in [4.78, 5) is 29.5. The molecule has 4 rings (SSSR count). The van der Waals surface area contributed by atoms with Gasteiger partial charge >= 0.3 is 0 Å². The normalized spacial score (nSPS) is 20.5. The largest absolute Gasteiger partial charge is 0.387 e. The van der Waals surface area contributed by atoms with E-state index in [-0.39, 0.29) is 17.7 Å². The van der Waals surface area contributed by atoms with Crippen molar-refractivity contribution in [2.24, 2.45) is 0 Å². The molecule has 2 aliphatic rings. The topological polar surface area (TPSA) is 84.8 Å². The van der Waals surface area contributed by atoms with E-state index in [1.54, 1.807) is 6.33 Å². The number of aliphatic hydroxyl groups excluding tert-OH is 1. The number of hydrogen-bond donors (Lipinski definition) is 2. The summed E-state index contributed by atoms with van der Waals surface area (Å²) in [5.41, 5.74) is 2.81. The van der Waals surface area contributed by atoms with E-state index >= 15 is 0 Å². The van der Waals surface area contributed by atoms with Gasteiger partial charge in [-0.05, 0) is 50.4 Å². The Morgan fingerprint density at radius 1 is 1.19 bits per heavy atom. The predicted molar refractivity (Wildman–Crippen MR) is 148 cm³/mol. The van der Waals surface area contributed by atoms with Crippen molar-refractivity contribution in [1.82, 2.24) is 25.1 Å². The van der Waals surface area contributed by atoms with Crippen molar-refractivity contribution in [2.45, 2.75) is 58.1 Å². The number of piperazine rings is 1. The highest BCUT2D eigenvalue weighted by Crippen LogP contribution is 2.42. The van der Waals surface area contributed by atoms with Gasteiger partial charge in [-0.1, -0.05) is 37.6 Å². The number of carbonyl (C=O) groups excluding carboxylic acids is 1. The molecule has 0 spiro atoms. The zero-order valence-electron chi connectivity index (χ0n) is 22.5. The van der Waals surface area contributed by atoms with Crippen LogP contribution in [0.15, 0.2) is 30.6 Å². The molecule has 1 amide bonds. The lowest BCUT2D eigenvalue weighted by atomic mass is 9.95. The summed E-state index contributed by atoms with van der Waals surface area (Å²) in [5, 5.41) is 14.5. The second-order valence-electron chi connectivity index (χ2n) is 10.5. The number of aromatic nitrogens is 2. The van der Waals surface area contributed by atoms with Crippen molar-refractivity contribution >= 4 is 23.3 Å². The fraction of sp³-hybridized carbons (Fsp3) is 0.607. The van der Waals surface area contributed by atoms with Gasteiger partial charge in [-0.2, -0.15) is 0 Å². The molecule has 0 unspecified atom stereocenters. The van der Waals surface area contributed by atoms with E-state index in [1.165, 1.54) is 0 Å². The van der Waals surface area contributed by atoms with E-state index in [2.05, 4.69) is 52.8 Å². The van der Waals surface area contributed by atoms with E-state index in [9.17, 15) is 9.90 Å². The zero-order valence-corrected chi connectivity index (χ0v) is 23.3. The molecule has 202 valence electrons. The van der Waals surface area contributed by atoms with Crippen molar-refractivity contribution in [3.63, 3.8) is 0 Å². The third kappa shape index (κ3) is 6.42. The molecule has 0 radical (unpaired) electrons. The third-order valence-electron chi connectivity index (χ3n) is 7.71. The van der Waals surface area contributed by atoms with Gasteiger partial charge in [0, 0.05) is 62.4 Å². The highest BCUT2D eigenvalue weighted by atomic mass is 35.5. The molecule has 3 atom stereocenters. The van der Waals surface area contributed by atoms with Gasteiger partial charge in [0.05, 0.1) is 17.7 Å². The number of carbonyl (C=O) groups is 1. The number of amides is 1. The Morgan fingerprint density at radius 2 is 1.89 bits per heavy atom. The molecule has 1 fully saturated rings. The van der Waals surface area contributed by atoms with Crippen molar-refractivity contribution in [3.8, 4) is 0 Å². The van der Waals surface area contributed by atoms with Crippen LogP contribution in [0.3, 0.4) is 0 Å². The molecule has 1 aromatic heterocycles. The van der Waals surface area contributed by atoms with Crippen LogP contribution in [0.5, 0.6) is 0 Å². The monoisotopic (exact) mass is 528 g/mol. The predicted octanol–water partition coefficient (Wildman–Crippen LogP) is 3.42. The van der Waals surface area contributed by atoms with E-state index < -0.39 is 6.10 Å². The second-order valence-corrected chi connectivity index (χ2v) is 10.9. The van der Waals surface area contributed by atoms with Crippen LogP contribution in [0.1, 0.15) is 68.9 Å². The van der Waals surface area contributed by atoms with Crippen LogP contribution >= 0.6 is 11.6 Å².